The summed E-state index contributed by atoms with van der Waals surface area (Å²) < 4.78 is 11.0. The van der Waals surface area contributed by atoms with Crippen LogP contribution in [0.25, 0.3) is 0 Å². The molecule has 4 rings (SSSR count). The molecule has 29 heavy (non-hydrogen) atoms. The van der Waals surface area contributed by atoms with E-state index in [2.05, 4.69) is 5.32 Å². The Morgan fingerprint density at radius 2 is 1.83 bits per heavy atom. The fourth-order valence-corrected chi connectivity index (χ4v) is 3.45. The Hall–Kier alpha value is -3.54. The van der Waals surface area contributed by atoms with Crippen molar-refractivity contribution in [2.75, 3.05) is 18.0 Å². The first-order chi connectivity index (χ1) is 14.2. The average molecular weight is 390 g/mol. The highest BCUT2D eigenvalue weighted by Crippen LogP contribution is 2.26. The zero-order valence-corrected chi connectivity index (χ0v) is 16.0. The van der Waals surface area contributed by atoms with Gasteiger partial charge in [-0.3, -0.25) is 9.59 Å². The minimum atomic E-state index is -0.430. The molecule has 6 nitrogen and oxygen atoms in total. The van der Waals surface area contributed by atoms with Gasteiger partial charge in [-0.2, -0.15) is 0 Å². The monoisotopic (exact) mass is 390 g/mol. The van der Waals surface area contributed by atoms with Crippen LogP contribution in [0.2, 0.25) is 0 Å². The van der Waals surface area contributed by atoms with E-state index in [0.29, 0.717) is 17.9 Å². The van der Waals surface area contributed by atoms with Crippen LogP contribution < -0.4 is 15.0 Å². The van der Waals surface area contributed by atoms with Crippen LogP contribution in [0.1, 0.15) is 28.1 Å². The summed E-state index contributed by atoms with van der Waals surface area (Å²) >= 11 is 0. The first kappa shape index (κ1) is 18.8. The smallest absolute Gasteiger partial charge is 0.287 e. The lowest BCUT2D eigenvalue weighted by Gasteiger charge is -2.29. The van der Waals surface area contributed by atoms with Gasteiger partial charge in [-0.05, 0) is 42.7 Å². The zero-order chi connectivity index (χ0) is 20.1. The third kappa shape index (κ3) is 4.32. The maximum Gasteiger partial charge on any atom is 0.287 e. The van der Waals surface area contributed by atoms with Crippen LogP contribution in [0.5, 0.6) is 5.75 Å². The van der Waals surface area contributed by atoms with Gasteiger partial charge < -0.3 is 19.4 Å². The van der Waals surface area contributed by atoms with Crippen molar-refractivity contribution < 1.29 is 18.7 Å². The first-order valence-corrected chi connectivity index (χ1v) is 9.63. The Morgan fingerprint density at radius 3 is 2.69 bits per heavy atom. The second kappa shape index (κ2) is 8.65. The summed E-state index contributed by atoms with van der Waals surface area (Å²) in [6.07, 6.45) is 3.32. The highest BCUT2D eigenvalue weighted by atomic mass is 16.5. The quantitative estimate of drug-likeness (QED) is 0.699. The van der Waals surface area contributed by atoms with Crippen LogP contribution in [0.4, 0.5) is 5.69 Å². The Bertz CT molecular complexity index is 997. The number of anilines is 1. The normalized spacial score (nSPS) is 12.9. The van der Waals surface area contributed by atoms with Gasteiger partial charge in [0.1, 0.15) is 12.4 Å². The highest BCUT2D eigenvalue weighted by molar-refractivity contribution is 6.00. The van der Waals surface area contributed by atoms with Gasteiger partial charge in [0.05, 0.1) is 12.8 Å². The van der Waals surface area contributed by atoms with Crippen molar-refractivity contribution in [3.8, 4) is 5.75 Å². The molecule has 2 heterocycles. The second-order valence-electron chi connectivity index (χ2n) is 6.84. The Balaban J connectivity index is 1.36. The van der Waals surface area contributed by atoms with Crippen molar-refractivity contribution in [3.05, 3.63) is 83.8 Å². The molecule has 0 aliphatic carbocycles. The number of amides is 2. The number of ether oxygens (including phenoxy) is 1. The number of benzene rings is 2. The van der Waals surface area contributed by atoms with Crippen molar-refractivity contribution in [2.45, 2.75) is 19.4 Å². The number of hydrogen-bond donors (Lipinski definition) is 1. The van der Waals surface area contributed by atoms with Gasteiger partial charge >= 0.3 is 0 Å². The molecule has 1 aliphatic rings. The molecule has 2 amide bonds. The number of nitrogens with zero attached hydrogens (tertiary/aromatic N) is 1. The van der Waals surface area contributed by atoms with E-state index in [1.807, 2.05) is 54.6 Å². The lowest BCUT2D eigenvalue weighted by Crippen LogP contribution is -2.42. The number of rotatable bonds is 6. The molecule has 148 valence electrons. The van der Waals surface area contributed by atoms with Crippen LogP contribution in [0.15, 0.2) is 71.3 Å². The number of hydrogen-bond acceptors (Lipinski definition) is 4. The van der Waals surface area contributed by atoms with Crippen LogP contribution in [-0.2, 0) is 17.8 Å². The van der Waals surface area contributed by atoms with Crippen molar-refractivity contribution in [1.29, 1.82) is 0 Å². The topological polar surface area (TPSA) is 71.8 Å². The maximum atomic E-state index is 12.7. The highest BCUT2D eigenvalue weighted by Gasteiger charge is 2.23. The third-order valence-electron chi connectivity index (χ3n) is 4.90. The standard InChI is InChI=1S/C23H22N2O4/c26-21(25-13-6-8-17-7-4-5-11-20(17)25)15-24-23(27)22-18(12-14-28-22)16-29-19-9-2-1-3-10-19/h1-5,7,9-12,14H,6,8,13,15-16H2,(H,24,27). The van der Waals surface area contributed by atoms with Gasteiger partial charge in [-0.25, -0.2) is 0 Å². The predicted molar refractivity (Wildman–Crippen MR) is 109 cm³/mol. The molecule has 6 heteroatoms. The lowest BCUT2D eigenvalue weighted by molar-refractivity contribution is -0.117. The van der Waals surface area contributed by atoms with Crippen molar-refractivity contribution in [1.82, 2.24) is 5.32 Å². The lowest BCUT2D eigenvalue weighted by atomic mass is 10.0. The predicted octanol–water partition coefficient (Wildman–Crippen LogP) is 3.57. The molecule has 0 saturated heterocycles. The molecular formula is C23H22N2O4. The molecule has 0 fully saturated rings. The van der Waals surface area contributed by atoms with Crippen molar-refractivity contribution >= 4 is 17.5 Å². The maximum absolute atomic E-state index is 12.7. The van der Waals surface area contributed by atoms with E-state index in [9.17, 15) is 9.59 Å². The van der Waals surface area contributed by atoms with Gasteiger partial charge in [0.2, 0.25) is 5.91 Å². The Morgan fingerprint density at radius 1 is 1.03 bits per heavy atom. The molecule has 3 aromatic rings. The largest absolute Gasteiger partial charge is 0.489 e. The summed E-state index contributed by atoms with van der Waals surface area (Å²) in [7, 11) is 0. The van der Waals surface area contributed by atoms with E-state index in [0.717, 1.165) is 24.1 Å². The van der Waals surface area contributed by atoms with Crippen LogP contribution in [0.3, 0.4) is 0 Å². The molecule has 0 bridgehead atoms. The molecule has 0 saturated carbocycles. The molecule has 0 unspecified atom stereocenters. The van der Waals surface area contributed by atoms with E-state index in [-0.39, 0.29) is 24.8 Å². The van der Waals surface area contributed by atoms with Gasteiger partial charge in [0, 0.05) is 17.8 Å². The Labute approximate surface area is 169 Å². The molecule has 2 aromatic carbocycles. The molecule has 1 N–H and O–H groups in total. The van der Waals surface area contributed by atoms with Crippen LogP contribution >= 0.6 is 0 Å². The Kier molecular flexibility index (Phi) is 5.61. The summed E-state index contributed by atoms with van der Waals surface area (Å²) in [5.74, 6) is 0.297. The zero-order valence-electron chi connectivity index (χ0n) is 16.0. The average Bonchev–Trinajstić information content (AvgIpc) is 3.25. The van der Waals surface area contributed by atoms with Gasteiger partial charge in [0.15, 0.2) is 5.76 Å². The summed E-state index contributed by atoms with van der Waals surface area (Å²) in [6.45, 7) is 0.770. The molecule has 0 radical (unpaired) electrons. The molecule has 0 atom stereocenters. The minimum absolute atomic E-state index is 0.0904. The number of carbonyl (C=O) groups excluding carboxylic acids is 2. The van der Waals surface area contributed by atoms with E-state index >= 15 is 0 Å². The molecular weight excluding hydrogens is 368 g/mol. The van der Waals surface area contributed by atoms with Crippen molar-refractivity contribution in [2.24, 2.45) is 0 Å². The van der Waals surface area contributed by atoms with E-state index < -0.39 is 5.91 Å². The SMILES string of the molecule is O=C(NCC(=O)N1CCCc2ccccc21)c1occc1COc1ccccc1. The van der Waals surface area contributed by atoms with Gasteiger partial charge in [-0.15, -0.1) is 0 Å². The number of aryl methyl sites for hydroxylation is 1. The van der Waals surface area contributed by atoms with Crippen molar-refractivity contribution in [3.63, 3.8) is 0 Å². The fraction of sp³-hybridized carbons (Fsp3) is 0.217. The molecule has 0 spiro atoms. The number of fused-ring (bicyclic) bond motifs is 1. The summed E-state index contributed by atoms with van der Waals surface area (Å²) in [5.41, 5.74) is 2.71. The summed E-state index contributed by atoms with van der Waals surface area (Å²) in [6, 6.07) is 18.9. The minimum Gasteiger partial charge on any atom is -0.489 e. The summed E-state index contributed by atoms with van der Waals surface area (Å²) in [4.78, 5) is 27.0. The third-order valence-corrected chi connectivity index (χ3v) is 4.90. The first-order valence-electron chi connectivity index (χ1n) is 9.63. The number of furan rings is 1. The van der Waals surface area contributed by atoms with Gasteiger partial charge in [-0.1, -0.05) is 36.4 Å². The number of carbonyl (C=O) groups is 2. The summed E-state index contributed by atoms with van der Waals surface area (Å²) in [5, 5.41) is 2.67. The van der Waals surface area contributed by atoms with Crippen LogP contribution in [0, 0.1) is 0 Å². The van der Waals surface area contributed by atoms with E-state index in [1.54, 1.807) is 11.0 Å². The fourth-order valence-electron chi connectivity index (χ4n) is 3.45. The van der Waals surface area contributed by atoms with E-state index in [1.165, 1.54) is 6.26 Å². The van der Waals surface area contributed by atoms with Crippen LogP contribution in [-0.4, -0.2) is 24.9 Å². The second-order valence-corrected chi connectivity index (χ2v) is 6.84. The van der Waals surface area contributed by atoms with E-state index in [4.69, 9.17) is 9.15 Å². The number of para-hydroxylation sites is 2. The van der Waals surface area contributed by atoms with Gasteiger partial charge in [0.25, 0.3) is 5.91 Å². The molecule has 1 aliphatic heterocycles. The number of nitrogens with one attached hydrogen (secondary N) is 1. The molecule has 1 aromatic heterocycles.